The van der Waals surface area contributed by atoms with Gasteiger partial charge in [0.2, 0.25) is 10.0 Å². The number of nitrogens with two attached hydrogens (primary N) is 1. The van der Waals surface area contributed by atoms with Crippen molar-refractivity contribution in [3.63, 3.8) is 0 Å². The molecular weight excluding hydrogens is 374 g/mol. The van der Waals surface area contributed by atoms with Crippen LogP contribution in [0.2, 0.25) is 0 Å². The Kier molecular flexibility index (Phi) is 4.89. The number of fused-ring (bicyclic) bond motifs is 1. The Morgan fingerprint density at radius 3 is 2.64 bits per heavy atom. The number of anilines is 1. The summed E-state index contributed by atoms with van der Waals surface area (Å²) in [4.78, 5) is 13.1. The van der Waals surface area contributed by atoms with E-state index in [4.69, 9.17) is 5.73 Å². The van der Waals surface area contributed by atoms with Gasteiger partial charge in [0.25, 0.3) is 5.91 Å². The van der Waals surface area contributed by atoms with Gasteiger partial charge in [0, 0.05) is 17.3 Å². The molecule has 0 saturated heterocycles. The Bertz CT molecular complexity index is 1030. The van der Waals surface area contributed by atoms with Crippen LogP contribution in [0, 0.1) is 6.92 Å². The molecule has 0 radical (unpaired) electrons. The largest absolute Gasteiger partial charge is 0.399 e. The molecule has 1 atom stereocenters. The molecule has 4 rings (SSSR count). The Morgan fingerprint density at radius 1 is 1.11 bits per heavy atom. The SMILES string of the molecule is Cc1ccc(S(=O)(=O)NC2CC2)cc1C(=O)NC1CCCc2cc(N)ccc21. The van der Waals surface area contributed by atoms with Crippen LogP contribution in [0.15, 0.2) is 41.3 Å². The lowest BCUT2D eigenvalue weighted by atomic mass is 9.87. The Labute approximate surface area is 165 Å². The summed E-state index contributed by atoms with van der Waals surface area (Å²) in [5.74, 6) is -0.254. The molecule has 1 fully saturated rings. The van der Waals surface area contributed by atoms with Crippen LogP contribution in [-0.2, 0) is 16.4 Å². The Balaban J connectivity index is 1.58. The van der Waals surface area contributed by atoms with Crippen molar-refractivity contribution in [1.29, 1.82) is 0 Å². The van der Waals surface area contributed by atoms with Gasteiger partial charge in [-0.05, 0) is 80.0 Å². The molecule has 0 spiro atoms. The lowest BCUT2D eigenvalue weighted by Gasteiger charge is -2.27. The van der Waals surface area contributed by atoms with Crippen molar-refractivity contribution < 1.29 is 13.2 Å². The third-order valence-corrected chi connectivity index (χ3v) is 6.97. The highest BCUT2D eigenvalue weighted by molar-refractivity contribution is 7.89. The van der Waals surface area contributed by atoms with Gasteiger partial charge in [0.15, 0.2) is 0 Å². The van der Waals surface area contributed by atoms with E-state index < -0.39 is 10.0 Å². The molecule has 0 bridgehead atoms. The number of hydrogen-bond acceptors (Lipinski definition) is 4. The Hall–Kier alpha value is -2.38. The molecule has 7 heteroatoms. The molecule has 0 heterocycles. The topological polar surface area (TPSA) is 101 Å². The molecule has 2 aromatic carbocycles. The second-order valence-electron chi connectivity index (χ2n) is 7.75. The number of sulfonamides is 1. The predicted molar refractivity (Wildman–Crippen MR) is 109 cm³/mol. The maximum atomic E-state index is 13.0. The first-order chi connectivity index (χ1) is 13.3. The van der Waals surface area contributed by atoms with E-state index in [1.807, 2.05) is 25.1 Å². The average Bonchev–Trinajstić information content (AvgIpc) is 3.45. The highest BCUT2D eigenvalue weighted by Gasteiger charge is 2.29. The minimum absolute atomic E-state index is 0.0229. The smallest absolute Gasteiger partial charge is 0.252 e. The van der Waals surface area contributed by atoms with Crippen LogP contribution in [0.1, 0.15) is 58.8 Å². The lowest BCUT2D eigenvalue weighted by Crippen LogP contribution is -2.32. The zero-order valence-corrected chi connectivity index (χ0v) is 16.7. The van der Waals surface area contributed by atoms with Crippen LogP contribution in [0.5, 0.6) is 0 Å². The van der Waals surface area contributed by atoms with E-state index >= 15 is 0 Å². The van der Waals surface area contributed by atoms with Crippen LogP contribution in [-0.4, -0.2) is 20.4 Å². The number of nitrogens with one attached hydrogen (secondary N) is 2. The fourth-order valence-corrected chi connectivity index (χ4v) is 5.05. The number of nitrogen functional groups attached to an aromatic ring is 1. The molecule has 4 N–H and O–H groups in total. The van der Waals surface area contributed by atoms with E-state index in [1.165, 1.54) is 11.6 Å². The summed E-state index contributed by atoms with van der Waals surface area (Å²) >= 11 is 0. The van der Waals surface area contributed by atoms with Crippen molar-refractivity contribution in [2.45, 2.75) is 56.0 Å². The summed E-state index contributed by atoms with van der Waals surface area (Å²) in [6.45, 7) is 1.81. The number of aryl methyl sites for hydroxylation is 2. The normalized spacial score (nSPS) is 19.1. The predicted octanol–water partition coefficient (Wildman–Crippen LogP) is 2.83. The van der Waals surface area contributed by atoms with Gasteiger partial charge in [-0.25, -0.2) is 13.1 Å². The van der Waals surface area contributed by atoms with E-state index in [0.29, 0.717) is 5.56 Å². The minimum atomic E-state index is -3.60. The maximum absolute atomic E-state index is 13.0. The number of amides is 1. The number of rotatable bonds is 5. The van der Waals surface area contributed by atoms with Crippen molar-refractivity contribution in [3.05, 3.63) is 58.7 Å². The molecule has 148 valence electrons. The van der Waals surface area contributed by atoms with Crippen LogP contribution in [0.3, 0.4) is 0 Å². The monoisotopic (exact) mass is 399 g/mol. The molecule has 1 unspecified atom stereocenters. The quantitative estimate of drug-likeness (QED) is 0.673. The average molecular weight is 400 g/mol. The Morgan fingerprint density at radius 2 is 1.89 bits per heavy atom. The van der Waals surface area contributed by atoms with Gasteiger partial charge < -0.3 is 11.1 Å². The van der Waals surface area contributed by atoms with Gasteiger partial charge in [-0.3, -0.25) is 4.79 Å². The second-order valence-corrected chi connectivity index (χ2v) is 9.46. The van der Waals surface area contributed by atoms with Gasteiger partial charge in [-0.15, -0.1) is 0 Å². The van der Waals surface area contributed by atoms with Crippen molar-refractivity contribution in [2.24, 2.45) is 0 Å². The third kappa shape index (κ3) is 3.91. The first kappa shape index (κ1) is 19.0. The van der Waals surface area contributed by atoms with Crippen LogP contribution in [0.25, 0.3) is 0 Å². The third-order valence-electron chi connectivity index (χ3n) is 5.45. The summed E-state index contributed by atoms with van der Waals surface area (Å²) in [6.07, 6.45) is 4.50. The number of carbonyl (C=O) groups is 1. The van der Waals surface area contributed by atoms with E-state index in [0.717, 1.165) is 48.9 Å². The maximum Gasteiger partial charge on any atom is 0.252 e. The fourth-order valence-electron chi connectivity index (χ4n) is 3.72. The van der Waals surface area contributed by atoms with Crippen molar-refractivity contribution in [3.8, 4) is 0 Å². The van der Waals surface area contributed by atoms with E-state index in [2.05, 4.69) is 10.0 Å². The minimum Gasteiger partial charge on any atom is -0.399 e. The molecule has 2 aromatic rings. The van der Waals surface area contributed by atoms with Gasteiger partial charge in [-0.2, -0.15) is 0 Å². The molecule has 0 aromatic heterocycles. The molecule has 28 heavy (non-hydrogen) atoms. The summed E-state index contributed by atoms with van der Waals surface area (Å²) in [6, 6.07) is 10.4. The fraction of sp³-hybridized carbons (Fsp3) is 0.381. The van der Waals surface area contributed by atoms with E-state index in [9.17, 15) is 13.2 Å². The summed E-state index contributed by atoms with van der Waals surface area (Å²) in [5.41, 5.74) is 10.0. The van der Waals surface area contributed by atoms with Crippen LogP contribution >= 0.6 is 0 Å². The summed E-state index contributed by atoms with van der Waals surface area (Å²) in [5, 5.41) is 3.09. The van der Waals surface area contributed by atoms with Crippen LogP contribution in [0.4, 0.5) is 5.69 Å². The number of carbonyl (C=O) groups excluding carboxylic acids is 1. The van der Waals surface area contributed by atoms with Crippen molar-refractivity contribution in [1.82, 2.24) is 10.0 Å². The standard InChI is InChI=1S/C21H25N3O3S/c1-13-5-9-17(28(26,27)24-16-7-8-16)12-19(13)21(25)23-20-4-2-3-14-11-15(22)6-10-18(14)20/h5-6,9-12,16,20,24H,2-4,7-8,22H2,1H3,(H,23,25). The second kappa shape index (κ2) is 7.22. The lowest BCUT2D eigenvalue weighted by molar-refractivity contribution is 0.0932. The van der Waals surface area contributed by atoms with Crippen molar-refractivity contribution in [2.75, 3.05) is 5.73 Å². The summed E-state index contributed by atoms with van der Waals surface area (Å²) in [7, 11) is -3.60. The van der Waals surface area contributed by atoms with E-state index in [1.54, 1.807) is 12.1 Å². The molecule has 2 aliphatic rings. The molecule has 2 aliphatic carbocycles. The van der Waals surface area contributed by atoms with Gasteiger partial charge >= 0.3 is 0 Å². The van der Waals surface area contributed by atoms with Crippen LogP contribution < -0.4 is 15.8 Å². The molecule has 6 nitrogen and oxygen atoms in total. The molecular formula is C21H25N3O3S. The molecule has 1 amide bonds. The summed E-state index contributed by atoms with van der Waals surface area (Å²) < 4.78 is 27.7. The van der Waals surface area contributed by atoms with Gasteiger partial charge in [0.05, 0.1) is 10.9 Å². The van der Waals surface area contributed by atoms with Gasteiger partial charge in [0.1, 0.15) is 0 Å². The zero-order chi connectivity index (χ0) is 19.9. The number of hydrogen-bond donors (Lipinski definition) is 3. The highest BCUT2D eigenvalue weighted by atomic mass is 32.2. The molecule has 1 saturated carbocycles. The van der Waals surface area contributed by atoms with Gasteiger partial charge in [-0.1, -0.05) is 12.1 Å². The number of benzene rings is 2. The van der Waals surface area contributed by atoms with Crippen molar-refractivity contribution >= 4 is 21.6 Å². The zero-order valence-electron chi connectivity index (χ0n) is 15.9. The first-order valence-corrected chi connectivity index (χ1v) is 11.1. The van der Waals surface area contributed by atoms with E-state index in [-0.39, 0.29) is 22.9 Å². The molecule has 0 aliphatic heterocycles. The first-order valence-electron chi connectivity index (χ1n) is 9.65. The highest BCUT2D eigenvalue weighted by Crippen LogP contribution is 2.31.